The molecule has 3 aromatic carbocycles. The summed E-state index contributed by atoms with van der Waals surface area (Å²) in [5.74, 6) is -4.21. The average Bonchev–Trinajstić information content (AvgIpc) is 2.89. The maximum Gasteiger partial charge on any atom is 0.269 e. The van der Waals surface area contributed by atoms with Crippen LogP contribution in [0.15, 0.2) is 89.7 Å². The van der Waals surface area contributed by atoms with Crippen molar-refractivity contribution in [3.05, 3.63) is 128 Å². The van der Waals surface area contributed by atoms with Crippen LogP contribution < -0.4 is 0 Å². The number of fused-ring (bicyclic) bond motifs is 3. The van der Waals surface area contributed by atoms with Crippen molar-refractivity contribution in [2.75, 3.05) is 0 Å². The molecule has 1 aliphatic heterocycles. The first-order chi connectivity index (χ1) is 16.9. The number of Topliss-reactive ketones (excluding diaryl/α,β-unsaturated/α-hetero) is 4. The van der Waals surface area contributed by atoms with Crippen molar-refractivity contribution in [3.8, 4) is 0 Å². The topological polar surface area (TPSA) is 121 Å². The lowest BCUT2D eigenvalue weighted by molar-refractivity contribution is -0.384. The molecule has 1 heterocycles. The molecule has 0 bridgehead atoms. The van der Waals surface area contributed by atoms with Gasteiger partial charge in [-0.3, -0.25) is 29.3 Å². The van der Waals surface area contributed by atoms with E-state index in [4.69, 9.17) is 4.74 Å². The molecule has 0 N–H and O–H groups in total. The molecule has 0 fully saturated rings. The quantitative estimate of drug-likeness (QED) is 0.317. The third-order valence-corrected chi connectivity index (χ3v) is 6.42. The van der Waals surface area contributed by atoms with Gasteiger partial charge >= 0.3 is 0 Å². The Bertz CT molecular complexity index is 1630. The van der Waals surface area contributed by atoms with Crippen LogP contribution in [0.25, 0.3) is 5.76 Å². The highest BCUT2D eigenvalue weighted by Crippen LogP contribution is 2.50. The van der Waals surface area contributed by atoms with Gasteiger partial charge in [-0.25, -0.2) is 0 Å². The molecule has 0 radical (unpaired) electrons. The van der Waals surface area contributed by atoms with Gasteiger partial charge in [0.15, 0.2) is 11.5 Å². The number of carbonyl (C=O) groups excluding carboxylic acids is 4. The largest absolute Gasteiger partial charge is 0.452 e. The molecule has 168 valence electrons. The summed E-state index contributed by atoms with van der Waals surface area (Å²) in [4.78, 5) is 64.4. The van der Waals surface area contributed by atoms with E-state index in [0.29, 0.717) is 5.56 Å². The fourth-order valence-electron chi connectivity index (χ4n) is 4.88. The van der Waals surface area contributed by atoms with Crippen LogP contribution >= 0.6 is 0 Å². The average molecular weight is 463 g/mol. The standard InChI is InChI=1S/C27H13NO7/c29-22-15-8-1-2-9-16(15)24(31)27-20(22)19(13-6-5-7-14(12-13)28(33)34)21-25(32)23(30)17-10-3-4-11-18(17)26(21)35-27/h1-12,19H. The van der Waals surface area contributed by atoms with E-state index in [1.54, 1.807) is 30.3 Å². The van der Waals surface area contributed by atoms with Gasteiger partial charge in [0.25, 0.3) is 5.69 Å². The van der Waals surface area contributed by atoms with Crippen LogP contribution in [-0.4, -0.2) is 28.1 Å². The molecule has 0 saturated carbocycles. The molecule has 6 rings (SSSR count). The molecule has 0 aromatic heterocycles. The third-order valence-electron chi connectivity index (χ3n) is 6.42. The number of hydrogen-bond donors (Lipinski definition) is 0. The highest BCUT2D eigenvalue weighted by Gasteiger charge is 2.49. The normalized spacial score (nSPS) is 18.5. The Balaban J connectivity index is 1.68. The van der Waals surface area contributed by atoms with Crippen molar-refractivity contribution >= 4 is 34.6 Å². The van der Waals surface area contributed by atoms with Crippen LogP contribution in [0, 0.1) is 10.1 Å². The first-order valence-electron chi connectivity index (χ1n) is 10.7. The minimum Gasteiger partial charge on any atom is -0.452 e. The number of allylic oxidation sites excluding steroid dienone is 3. The zero-order valence-corrected chi connectivity index (χ0v) is 17.8. The summed E-state index contributed by atoms with van der Waals surface area (Å²) in [5, 5.41) is 11.5. The van der Waals surface area contributed by atoms with Crippen molar-refractivity contribution in [2.24, 2.45) is 0 Å². The smallest absolute Gasteiger partial charge is 0.269 e. The monoisotopic (exact) mass is 463 g/mol. The van der Waals surface area contributed by atoms with Crippen molar-refractivity contribution < 1.29 is 28.8 Å². The van der Waals surface area contributed by atoms with Gasteiger partial charge in [0, 0.05) is 40.3 Å². The Hall–Kier alpha value is -4.98. The molecule has 3 aromatic rings. The lowest BCUT2D eigenvalue weighted by atomic mass is 9.70. The molecule has 0 amide bonds. The number of nitro benzene ring substituents is 1. The number of rotatable bonds is 2. The fraction of sp³-hybridized carbons (Fsp3) is 0.0370. The maximum absolute atomic E-state index is 13.7. The molecule has 1 unspecified atom stereocenters. The van der Waals surface area contributed by atoms with E-state index < -0.39 is 34.0 Å². The first kappa shape index (κ1) is 20.6. The van der Waals surface area contributed by atoms with Crippen molar-refractivity contribution in [1.29, 1.82) is 0 Å². The molecule has 35 heavy (non-hydrogen) atoms. The van der Waals surface area contributed by atoms with E-state index in [2.05, 4.69) is 0 Å². The molecular weight excluding hydrogens is 450 g/mol. The number of non-ortho nitro benzene ring substituents is 1. The Morgan fingerprint density at radius 2 is 1.20 bits per heavy atom. The number of ether oxygens (including phenoxy) is 1. The van der Waals surface area contributed by atoms with Crippen LogP contribution in [0.3, 0.4) is 0 Å². The van der Waals surface area contributed by atoms with Crippen LogP contribution in [-0.2, 0) is 9.53 Å². The molecule has 1 atom stereocenters. The molecule has 8 nitrogen and oxygen atoms in total. The Kier molecular flexibility index (Phi) is 4.28. The van der Waals surface area contributed by atoms with Crippen LogP contribution in [0.1, 0.15) is 48.1 Å². The zero-order valence-electron chi connectivity index (χ0n) is 17.8. The minimum atomic E-state index is -1.21. The summed E-state index contributed by atoms with van der Waals surface area (Å²) < 4.78 is 5.99. The van der Waals surface area contributed by atoms with E-state index in [0.717, 1.165) is 0 Å². The van der Waals surface area contributed by atoms with Gasteiger partial charge in [-0.1, -0.05) is 60.7 Å². The number of ketones is 4. The Morgan fingerprint density at radius 3 is 1.86 bits per heavy atom. The highest BCUT2D eigenvalue weighted by molar-refractivity contribution is 6.53. The molecule has 3 aliphatic rings. The summed E-state index contributed by atoms with van der Waals surface area (Å²) >= 11 is 0. The van der Waals surface area contributed by atoms with Gasteiger partial charge < -0.3 is 4.74 Å². The zero-order chi connectivity index (χ0) is 24.4. The first-order valence-corrected chi connectivity index (χ1v) is 10.7. The SMILES string of the molecule is O=C1C(=O)c2ccccc2C2=C1C(c1cccc([N+](=O)[O-])c1)C1=C(O2)C(=O)c2ccccc2C1=O. The van der Waals surface area contributed by atoms with E-state index in [1.165, 1.54) is 42.5 Å². The second-order valence-electron chi connectivity index (χ2n) is 8.28. The molecule has 2 aliphatic carbocycles. The highest BCUT2D eigenvalue weighted by atomic mass is 16.6. The summed E-state index contributed by atoms with van der Waals surface area (Å²) in [5.41, 5.74) is 0.453. The van der Waals surface area contributed by atoms with Gasteiger partial charge in [-0.2, -0.15) is 0 Å². The Morgan fingerprint density at radius 1 is 0.629 bits per heavy atom. The summed E-state index contributed by atoms with van der Waals surface area (Å²) in [7, 11) is 0. The predicted molar refractivity (Wildman–Crippen MR) is 122 cm³/mol. The molecule has 8 heteroatoms. The number of benzene rings is 3. The predicted octanol–water partition coefficient (Wildman–Crippen LogP) is 4.22. The van der Waals surface area contributed by atoms with Gasteiger partial charge in [0.05, 0.1) is 16.1 Å². The second-order valence-corrected chi connectivity index (χ2v) is 8.28. The van der Waals surface area contributed by atoms with E-state index in [-0.39, 0.29) is 50.6 Å². The van der Waals surface area contributed by atoms with Gasteiger partial charge in [0.2, 0.25) is 17.3 Å². The van der Waals surface area contributed by atoms with Gasteiger partial charge in [-0.05, 0) is 5.56 Å². The lowest BCUT2D eigenvalue weighted by Crippen LogP contribution is -2.36. The van der Waals surface area contributed by atoms with Crippen molar-refractivity contribution in [3.63, 3.8) is 0 Å². The molecular formula is C27H13NO7. The maximum atomic E-state index is 13.7. The fourth-order valence-corrected chi connectivity index (χ4v) is 4.88. The number of carbonyl (C=O) groups is 4. The van der Waals surface area contributed by atoms with Gasteiger partial charge in [0.1, 0.15) is 5.76 Å². The van der Waals surface area contributed by atoms with E-state index >= 15 is 0 Å². The summed E-state index contributed by atoms with van der Waals surface area (Å²) in [6.45, 7) is 0. The van der Waals surface area contributed by atoms with Crippen molar-refractivity contribution in [2.45, 2.75) is 5.92 Å². The van der Waals surface area contributed by atoms with Crippen molar-refractivity contribution in [1.82, 2.24) is 0 Å². The minimum absolute atomic E-state index is 0.000914. The van der Waals surface area contributed by atoms with Crippen LogP contribution in [0.2, 0.25) is 0 Å². The summed E-state index contributed by atoms with van der Waals surface area (Å²) in [6, 6.07) is 18.0. The molecule has 0 saturated heterocycles. The number of hydrogen-bond acceptors (Lipinski definition) is 7. The van der Waals surface area contributed by atoms with E-state index in [1.807, 2.05) is 0 Å². The third kappa shape index (κ3) is 2.80. The lowest BCUT2D eigenvalue weighted by Gasteiger charge is -2.35. The van der Waals surface area contributed by atoms with Crippen LogP contribution in [0.5, 0.6) is 0 Å². The van der Waals surface area contributed by atoms with E-state index in [9.17, 15) is 29.3 Å². The van der Waals surface area contributed by atoms with Gasteiger partial charge in [-0.15, -0.1) is 0 Å². The number of nitrogens with zero attached hydrogens (tertiary/aromatic N) is 1. The molecule has 0 spiro atoms. The number of nitro groups is 1. The summed E-state index contributed by atoms with van der Waals surface area (Å²) in [6.07, 6.45) is 0. The van der Waals surface area contributed by atoms with Crippen LogP contribution in [0.4, 0.5) is 5.69 Å². The Labute approximate surface area is 197 Å². The second kappa shape index (κ2) is 7.26.